The molecular formula is C13H17F2NO3S. The van der Waals surface area contributed by atoms with Crippen LogP contribution >= 0.6 is 0 Å². The fourth-order valence-electron chi connectivity index (χ4n) is 1.58. The highest BCUT2D eigenvalue weighted by atomic mass is 32.2. The van der Waals surface area contributed by atoms with Gasteiger partial charge in [0.05, 0.1) is 11.5 Å². The van der Waals surface area contributed by atoms with Crippen LogP contribution in [0.25, 0.3) is 0 Å². The number of primary sulfonamides is 1. The maximum atomic E-state index is 13.6. The second-order valence-corrected chi connectivity index (χ2v) is 5.81. The van der Waals surface area contributed by atoms with E-state index in [1.165, 1.54) is 0 Å². The molecule has 4 nitrogen and oxygen atoms in total. The van der Waals surface area contributed by atoms with Gasteiger partial charge in [0, 0.05) is 0 Å². The van der Waals surface area contributed by atoms with Gasteiger partial charge in [0.15, 0.2) is 17.4 Å². The Morgan fingerprint density at radius 3 is 2.30 bits per heavy atom. The molecule has 0 saturated carbocycles. The Labute approximate surface area is 117 Å². The van der Waals surface area contributed by atoms with Crippen molar-refractivity contribution >= 4 is 10.0 Å². The van der Waals surface area contributed by atoms with Crippen molar-refractivity contribution in [2.24, 2.45) is 5.14 Å². The molecule has 1 aromatic rings. The zero-order chi connectivity index (χ0) is 15.2. The van der Waals surface area contributed by atoms with Gasteiger partial charge in [0.25, 0.3) is 0 Å². The maximum Gasteiger partial charge on any atom is 0.238 e. The van der Waals surface area contributed by atoms with E-state index < -0.39 is 32.3 Å². The Bertz CT molecular complexity index is 550. The molecule has 0 heterocycles. The minimum atomic E-state index is -4.14. The average molecular weight is 305 g/mol. The van der Waals surface area contributed by atoms with Crippen LogP contribution in [0.15, 0.2) is 29.7 Å². The maximum absolute atomic E-state index is 13.6. The first-order chi connectivity index (χ1) is 9.36. The van der Waals surface area contributed by atoms with Crippen molar-refractivity contribution in [2.75, 3.05) is 6.61 Å². The molecule has 0 aliphatic rings. The van der Waals surface area contributed by atoms with E-state index in [0.717, 1.165) is 19.3 Å². The summed E-state index contributed by atoms with van der Waals surface area (Å²) in [6, 6.07) is 1.29. The van der Waals surface area contributed by atoms with Crippen molar-refractivity contribution in [2.45, 2.75) is 30.6 Å². The molecule has 0 atom stereocenters. The molecule has 1 aromatic carbocycles. The second kappa shape index (κ2) is 7.35. The van der Waals surface area contributed by atoms with Gasteiger partial charge in [0.2, 0.25) is 10.0 Å². The molecule has 20 heavy (non-hydrogen) atoms. The molecule has 0 spiro atoms. The van der Waals surface area contributed by atoms with Gasteiger partial charge in [-0.25, -0.2) is 22.3 Å². The lowest BCUT2D eigenvalue weighted by molar-refractivity contribution is 0.275. The van der Waals surface area contributed by atoms with Crippen LogP contribution < -0.4 is 9.88 Å². The SMILES string of the molecule is C=CCCCCCOc1c(F)cc(S(N)(=O)=O)cc1F. The lowest BCUT2D eigenvalue weighted by atomic mass is 10.2. The number of unbranched alkanes of at least 4 members (excludes halogenated alkanes) is 3. The van der Waals surface area contributed by atoms with E-state index in [4.69, 9.17) is 9.88 Å². The van der Waals surface area contributed by atoms with E-state index >= 15 is 0 Å². The largest absolute Gasteiger partial charge is 0.488 e. The van der Waals surface area contributed by atoms with Crippen molar-refractivity contribution in [1.82, 2.24) is 0 Å². The molecule has 0 fully saturated rings. The van der Waals surface area contributed by atoms with Gasteiger partial charge in [-0.05, 0) is 37.8 Å². The summed E-state index contributed by atoms with van der Waals surface area (Å²) in [5, 5.41) is 4.80. The molecule has 0 amide bonds. The van der Waals surface area contributed by atoms with Gasteiger partial charge >= 0.3 is 0 Å². The lowest BCUT2D eigenvalue weighted by Crippen LogP contribution is -2.13. The highest BCUT2D eigenvalue weighted by Crippen LogP contribution is 2.25. The number of halogens is 2. The van der Waals surface area contributed by atoms with Crippen LogP contribution in [-0.4, -0.2) is 15.0 Å². The number of allylic oxidation sites excluding steroid dienone is 1. The normalized spacial score (nSPS) is 11.3. The Hall–Kier alpha value is -1.47. The van der Waals surface area contributed by atoms with E-state index in [1.807, 2.05) is 0 Å². The van der Waals surface area contributed by atoms with E-state index in [2.05, 4.69) is 6.58 Å². The third-order valence-corrected chi connectivity index (χ3v) is 3.49. The summed E-state index contributed by atoms with van der Waals surface area (Å²) in [4.78, 5) is -0.620. The van der Waals surface area contributed by atoms with E-state index in [9.17, 15) is 17.2 Å². The molecule has 0 aliphatic heterocycles. The monoisotopic (exact) mass is 305 g/mol. The molecule has 2 N–H and O–H groups in total. The van der Waals surface area contributed by atoms with Crippen LogP contribution in [0.2, 0.25) is 0 Å². The van der Waals surface area contributed by atoms with Gasteiger partial charge in [-0.2, -0.15) is 0 Å². The number of hydrogen-bond acceptors (Lipinski definition) is 3. The third kappa shape index (κ3) is 4.90. The van der Waals surface area contributed by atoms with E-state index in [0.29, 0.717) is 18.6 Å². The number of benzene rings is 1. The van der Waals surface area contributed by atoms with Gasteiger partial charge < -0.3 is 4.74 Å². The molecule has 112 valence electrons. The molecule has 7 heteroatoms. The quantitative estimate of drug-likeness (QED) is 0.593. The minimum Gasteiger partial charge on any atom is -0.488 e. The first-order valence-electron chi connectivity index (χ1n) is 6.12. The Morgan fingerprint density at radius 2 is 1.80 bits per heavy atom. The van der Waals surface area contributed by atoms with Gasteiger partial charge in [-0.15, -0.1) is 6.58 Å². The van der Waals surface area contributed by atoms with Crippen molar-refractivity contribution < 1.29 is 21.9 Å². The summed E-state index contributed by atoms with van der Waals surface area (Å²) in [5.74, 6) is -2.75. The summed E-state index contributed by atoms with van der Waals surface area (Å²) < 4.78 is 54.2. The number of rotatable bonds is 8. The van der Waals surface area contributed by atoms with Gasteiger partial charge in [-0.1, -0.05) is 6.08 Å². The fraction of sp³-hybridized carbons (Fsp3) is 0.385. The average Bonchev–Trinajstić information content (AvgIpc) is 2.34. The van der Waals surface area contributed by atoms with Crippen molar-refractivity contribution in [3.8, 4) is 5.75 Å². The number of nitrogens with two attached hydrogens (primary N) is 1. The standard InChI is InChI=1S/C13H17F2NO3S/c1-2-3-4-5-6-7-19-13-11(14)8-10(9-12(13)15)20(16,17)18/h2,8-9H,1,3-7H2,(H2,16,17,18). The Kier molecular flexibility index (Phi) is 6.09. The fourth-order valence-corrected chi connectivity index (χ4v) is 2.12. The Morgan fingerprint density at radius 1 is 1.20 bits per heavy atom. The zero-order valence-electron chi connectivity index (χ0n) is 10.9. The van der Waals surface area contributed by atoms with Crippen LogP contribution in [0.5, 0.6) is 5.75 Å². The summed E-state index contributed by atoms with van der Waals surface area (Å²) in [6.45, 7) is 3.74. The molecule has 0 saturated heterocycles. The predicted molar refractivity (Wildman–Crippen MR) is 71.9 cm³/mol. The summed E-state index contributed by atoms with van der Waals surface area (Å²) >= 11 is 0. The van der Waals surface area contributed by atoms with Crippen LogP contribution in [0.1, 0.15) is 25.7 Å². The second-order valence-electron chi connectivity index (χ2n) is 4.25. The Balaban J connectivity index is 2.65. The minimum absolute atomic E-state index is 0.152. The van der Waals surface area contributed by atoms with E-state index in [-0.39, 0.29) is 6.61 Å². The predicted octanol–water partition coefficient (Wildman–Crippen LogP) is 2.74. The summed E-state index contributed by atoms with van der Waals surface area (Å²) in [5.41, 5.74) is 0. The molecule has 0 aromatic heterocycles. The van der Waals surface area contributed by atoms with Gasteiger partial charge in [0.1, 0.15) is 0 Å². The summed E-state index contributed by atoms with van der Waals surface area (Å²) in [7, 11) is -4.14. The number of hydrogen-bond donors (Lipinski definition) is 1. The topological polar surface area (TPSA) is 69.4 Å². The molecule has 0 aliphatic carbocycles. The van der Waals surface area contributed by atoms with Crippen molar-refractivity contribution in [3.63, 3.8) is 0 Å². The van der Waals surface area contributed by atoms with Crippen LogP contribution in [0.3, 0.4) is 0 Å². The number of ether oxygens (including phenoxy) is 1. The van der Waals surface area contributed by atoms with Crippen LogP contribution in [0.4, 0.5) is 8.78 Å². The first-order valence-corrected chi connectivity index (χ1v) is 7.66. The van der Waals surface area contributed by atoms with E-state index in [1.54, 1.807) is 6.08 Å². The molecule has 1 rings (SSSR count). The molecular weight excluding hydrogens is 288 g/mol. The van der Waals surface area contributed by atoms with Crippen molar-refractivity contribution in [3.05, 3.63) is 36.4 Å². The zero-order valence-corrected chi connectivity index (χ0v) is 11.8. The van der Waals surface area contributed by atoms with Crippen LogP contribution in [-0.2, 0) is 10.0 Å². The first kappa shape index (κ1) is 16.6. The summed E-state index contributed by atoms with van der Waals surface area (Å²) in [6.07, 6.45) is 5.11. The number of sulfonamides is 1. The molecule has 0 unspecified atom stereocenters. The smallest absolute Gasteiger partial charge is 0.238 e. The third-order valence-electron chi connectivity index (χ3n) is 2.60. The van der Waals surface area contributed by atoms with Crippen LogP contribution in [0, 0.1) is 11.6 Å². The highest BCUT2D eigenvalue weighted by Gasteiger charge is 2.17. The highest BCUT2D eigenvalue weighted by molar-refractivity contribution is 7.89. The molecule has 0 radical (unpaired) electrons. The van der Waals surface area contributed by atoms with Gasteiger partial charge in [-0.3, -0.25) is 0 Å². The lowest BCUT2D eigenvalue weighted by Gasteiger charge is -2.09. The van der Waals surface area contributed by atoms with Crippen molar-refractivity contribution in [1.29, 1.82) is 0 Å². The molecule has 0 bridgehead atoms.